The van der Waals surface area contributed by atoms with Crippen LogP contribution in [0.15, 0.2) is 71.8 Å². The van der Waals surface area contributed by atoms with Crippen molar-refractivity contribution in [3.63, 3.8) is 0 Å². The lowest BCUT2D eigenvalue weighted by Gasteiger charge is -2.20. The fraction of sp³-hybridized carbons (Fsp3) is 0.300. The van der Waals surface area contributed by atoms with Gasteiger partial charge in [-0.2, -0.15) is 0 Å². The van der Waals surface area contributed by atoms with Gasteiger partial charge in [0.05, 0.1) is 12.8 Å². The molecule has 0 aromatic heterocycles. The number of allylic oxidation sites excluding steroid dienone is 4. The third-order valence-corrected chi connectivity index (χ3v) is 7.85. The summed E-state index contributed by atoms with van der Waals surface area (Å²) in [5.74, 6) is -0.546. The molecule has 0 N–H and O–H groups in total. The Bertz CT molecular complexity index is 1970. The predicted octanol–water partition coefficient (Wildman–Crippen LogP) is 8.77. The van der Waals surface area contributed by atoms with Gasteiger partial charge in [0.2, 0.25) is 0 Å². The van der Waals surface area contributed by atoms with Crippen LogP contribution in [-0.4, -0.2) is 23.9 Å². The van der Waals surface area contributed by atoms with Crippen molar-refractivity contribution >= 4 is 45.4 Å². The van der Waals surface area contributed by atoms with Gasteiger partial charge in [-0.15, -0.1) is 0 Å². The quantitative estimate of drug-likeness (QED) is 0.0901. The highest BCUT2D eigenvalue weighted by atomic mass is 16.6. The third-order valence-electron chi connectivity index (χ3n) is 7.85. The van der Waals surface area contributed by atoms with E-state index in [9.17, 15) is 19.2 Å². The molecule has 0 aliphatic carbocycles. The maximum atomic E-state index is 13.3. The Morgan fingerprint density at radius 2 is 0.812 bits per heavy atom. The lowest BCUT2D eigenvalue weighted by Crippen LogP contribution is -2.16. The van der Waals surface area contributed by atoms with E-state index in [1.165, 1.54) is 13.8 Å². The summed E-state index contributed by atoms with van der Waals surface area (Å²) in [5.41, 5.74) is 4.95. The van der Waals surface area contributed by atoms with E-state index in [0.29, 0.717) is 74.1 Å². The summed E-state index contributed by atoms with van der Waals surface area (Å²) in [6.45, 7) is 14.3. The summed E-state index contributed by atoms with van der Waals surface area (Å²) in [6.07, 6.45) is 4.48. The molecule has 0 amide bonds. The fourth-order valence-corrected chi connectivity index (χ4v) is 5.52. The molecule has 0 atom stereocenters. The SMILES string of the molecule is CC(=O)Oc1c(C)c(CC=C(C)C)c(OC(=O)CCC(=O)Oc2c(C)c(CC=C(C)C)c(OC(C)=O)c3ccccc23)c2ccccc12. The van der Waals surface area contributed by atoms with E-state index in [0.717, 1.165) is 16.7 Å². The van der Waals surface area contributed by atoms with Gasteiger partial charge in [-0.25, -0.2) is 0 Å². The maximum absolute atomic E-state index is 13.3. The first-order chi connectivity index (χ1) is 22.8. The zero-order valence-corrected chi connectivity index (χ0v) is 28.9. The monoisotopic (exact) mass is 650 g/mol. The normalized spacial score (nSPS) is 10.8. The Kier molecular flexibility index (Phi) is 11.5. The summed E-state index contributed by atoms with van der Waals surface area (Å²) in [7, 11) is 0. The van der Waals surface area contributed by atoms with Crippen molar-refractivity contribution in [3.05, 3.63) is 94.1 Å². The minimum atomic E-state index is -0.607. The Labute approximate surface area is 281 Å². The van der Waals surface area contributed by atoms with Gasteiger partial charge in [-0.3, -0.25) is 19.2 Å². The average Bonchev–Trinajstić information content (AvgIpc) is 3.02. The average molecular weight is 651 g/mol. The Balaban J connectivity index is 1.64. The molecule has 0 heterocycles. The molecule has 8 heteroatoms. The fourth-order valence-electron chi connectivity index (χ4n) is 5.52. The van der Waals surface area contributed by atoms with Crippen molar-refractivity contribution in [2.75, 3.05) is 0 Å². The zero-order chi connectivity index (χ0) is 35.1. The van der Waals surface area contributed by atoms with Gasteiger partial charge in [0.25, 0.3) is 0 Å². The lowest BCUT2D eigenvalue weighted by molar-refractivity contribution is -0.140. The minimum Gasteiger partial charge on any atom is -0.426 e. The van der Waals surface area contributed by atoms with Crippen LogP contribution in [0.2, 0.25) is 0 Å². The van der Waals surface area contributed by atoms with Gasteiger partial charge < -0.3 is 18.9 Å². The first kappa shape index (κ1) is 35.6. The molecular weight excluding hydrogens is 608 g/mol. The Hall–Kier alpha value is -5.24. The van der Waals surface area contributed by atoms with Crippen molar-refractivity contribution in [2.45, 2.75) is 81.1 Å². The molecule has 0 radical (unpaired) electrons. The smallest absolute Gasteiger partial charge is 0.311 e. The van der Waals surface area contributed by atoms with Crippen LogP contribution < -0.4 is 18.9 Å². The molecule has 4 aromatic carbocycles. The van der Waals surface area contributed by atoms with Crippen LogP contribution in [0.4, 0.5) is 0 Å². The summed E-state index contributed by atoms with van der Waals surface area (Å²) in [6, 6.07) is 14.5. The van der Waals surface area contributed by atoms with E-state index in [-0.39, 0.29) is 12.8 Å². The zero-order valence-electron chi connectivity index (χ0n) is 28.9. The van der Waals surface area contributed by atoms with Crippen LogP contribution in [0.5, 0.6) is 23.0 Å². The van der Waals surface area contributed by atoms with Crippen molar-refractivity contribution < 1.29 is 38.1 Å². The molecule has 4 rings (SSSR count). The van der Waals surface area contributed by atoms with Crippen molar-refractivity contribution in [1.29, 1.82) is 0 Å². The van der Waals surface area contributed by atoms with Crippen LogP contribution in [-0.2, 0) is 32.0 Å². The molecule has 0 spiro atoms. The van der Waals surface area contributed by atoms with Gasteiger partial charge >= 0.3 is 23.9 Å². The highest BCUT2D eigenvalue weighted by Gasteiger charge is 2.24. The van der Waals surface area contributed by atoms with E-state index in [4.69, 9.17) is 18.9 Å². The van der Waals surface area contributed by atoms with Crippen LogP contribution in [0.3, 0.4) is 0 Å². The van der Waals surface area contributed by atoms with E-state index in [1.807, 2.05) is 96.2 Å². The number of rotatable bonds is 11. The molecular formula is C40H42O8. The maximum Gasteiger partial charge on any atom is 0.311 e. The Morgan fingerprint density at radius 1 is 0.500 bits per heavy atom. The number of esters is 4. The molecule has 48 heavy (non-hydrogen) atoms. The number of hydrogen-bond donors (Lipinski definition) is 0. The van der Waals surface area contributed by atoms with Crippen LogP contribution >= 0.6 is 0 Å². The molecule has 0 aliphatic rings. The molecule has 0 aliphatic heterocycles. The molecule has 4 aromatic rings. The van der Waals surface area contributed by atoms with E-state index < -0.39 is 23.9 Å². The van der Waals surface area contributed by atoms with Gasteiger partial charge in [0.15, 0.2) is 0 Å². The van der Waals surface area contributed by atoms with E-state index in [1.54, 1.807) is 6.07 Å². The lowest BCUT2D eigenvalue weighted by atomic mass is 9.95. The van der Waals surface area contributed by atoms with E-state index >= 15 is 0 Å². The number of hydrogen-bond acceptors (Lipinski definition) is 8. The molecule has 8 nitrogen and oxygen atoms in total. The molecule has 0 saturated carbocycles. The largest absolute Gasteiger partial charge is 0.426 e. The third kappa shape index (κ3) is 8.37. The summed E-state index contributed by atoms with van der Waals surface area (Å²) < 4.78 is 23.2. The first-order valence-corrected chi connectivity index (χ1v) is 15.9. The van der Waals surface area contributed by atoms with Gasteiger partial charge in [0, 0.05) is 46.5 Å². The standard InChI is InChI=1S/C40H42O8/c1-23(2)17-19-29-26(6)38(32-14-10-11-15-33(32)39(29)46-28(8)42)47-35(43)21-22-36(44)48-40-30(20-18-24(3)4)25(5)37(45-27(7)41)31-13-9-12-16-34(31)40/h9-18H,19-22H2,1-8H3. The van der Waals surface area contributed by atoms with Gasteiger partial charge in [-0.05, 0) is 65.5 Å². The second-order valence-electron chi connectivity index (χ2n) is 12.2. The summed E-state index contributed by atoms with van der Waals surface area (Å²) in [5, 5.41) is 2.51. The van der Waals surface area contributed by atoms with Crippen LogP contribution in [0.25, 0.3) is 21.5 Å². The second-order valence-corrected chi connectivity index (χ2v) is 12.2. The molecule has 0 unspecified atom stereocenters. The summed E-state index contributed by atoms with van der Waals surface area (Å²) >= 11 is 0. The highest BCUT2D eigenvalue weighted by molar-refractivity contribution is 6.00. The Morgan fingerprint density at radius 3 is 1.19 bits per heavy atom. The van der Waals surface area contributed by atoms with Crippen molar-refractivity contribution in [3.8, 4) is 23.0 Å². The predicted molar refractivity (Wildman–Crippen MR) is 187 cm³/mol. The molecule has 0 saturated heterocycles. The molecule has 0 fully saturated rings. The highest BCUT2D eigenvalue weighted by Crippen LogP contribution is 2.43. The summed E-state index contributed by atoms with van der Waals surface area (Å²) in [4.78, 5) is 50.6. The van der Waals surface area contributed by atoms with Gasteiger partial charge in [0.1, 0.15) is 23.0 Å². The van der Waals surface area contributed by atoms with Crippen molar-refractivity contribution in [1.82, 2.24) is 0 Å². The number of benzene rings is 4. The number of ether oxygens (including phenoxy) is 4. The second kappa shape index (κ2) is 15.6. The topological polar surface area (TPSA) is 105 Å². The minimum absolute atomic E-state index is 0.229. The van der Waals surface area contributed by atoms with E-state index in [2.05, 4.69) is 0 Å². The number of carbonyl (C=O) groups excluding carboxylic acids is 4. The van der Waals surface area contributed by atoms with Crippen LogP contribution in [0, 0.1) is 13.8 Å². The number of carbonyl (C=O) groups is 4. The first-order valence-electron chi connectivity index (χ1n) is 15.9. The molecule has 250 valence electrons. The van der Waals surface area contributed by atoms with Crippen molar-refractivity contribution in [2.24, 2.45) is 0 Å². The molecule has 0 bridgehead atoms. The van der Waals surface area contributed by atoms with Crippen LogP contribution in [0.1, 0.15) is 76.6 Å². The number of fused-ring (bicyclic) bond motifs is 2. The van der Waals surface area contributed by atoms with Gasteiger partial charge in [-0.1, -0.05) is 71.8 Å².